The van der Waals surface area contributed by atoms with Crippen LogP contribution in [0.2, 0.25) is 0 Å². The maximum Gasteiger partial charge on any atom is 0.322 e. The number of aromatic nitrogens is 1. The number of aliphatic hydroxyl groups excluding tert-OH is 1. The molecule has 1 aromatic heterocycles. The summed E-state index contributed by atoms with van der Waals surface area (Å²) in [6.45, 7) is 4.43. The van der Waals surface area contributed by atoms with E-state index in [2.05, 4.69) is 17.2 Å². The molecule has 25 heavy (non-hydrogen) atoms. The molecular formula is C19H25N3O2S. The lowest BCUT2D eigenvalue weighted by Gasteiger charge is -2.30. The zero-order valence-corrected chi connectivity index (χ0v) is 15.5. The van der Waals surface area contributed by atoms with Gasteiger partial charge in [0.25, 0.3) is 0 Å². The summed E-state index contributed by atoms with van der Waals surface area (Å²) >= 11 is 1.76. The van der Waals surface area contributed by atoms with Gasteiger partial charge in [-0.2, -0.15) is 0 Å². The van der Waals surface area contributed by atoms with Crippen LogP contribution in [0, 0.1) is 0 Å². The van der Waals surface area contributed by atoms with E-state index in [-0.39, 0.29) is 18.7 Å². The molecule has 0 radical (unpaired) electrons. The number of carbonyl (C=O) groups is 1. The van der Waals surface area contributed by atoms with E-state index in [9.17, 15) is 9.90 Å². The molecule has 2 aromatic rings. The molecular weight excluding hydrogens is 334 g/mol. The maximum absolute atomic E-state index is 12.8. The maximum atomic E-state index is 12.8. The van der Waals surface area contributed by atoms with Crippen LogP contribution in [0.15, 0.2) is 53.7 Å². The predicted octanol–water partition coefficient (Wildman–Crippen LogP) is 4.00. The van der Waals surface area contributed by atoms with Gasteiger partial charge < -0.3 is 15.3 Å². The standard InChI is InChI=1S/C19H25N3O2S/c1-3-17(14-23)22(13-15-9-11-20-12-10-15)19(24)21-16-5-7-18(8-6-16)25-4-2/h5-12,17,23H,3-4,13-14H2,1-2H3,(H,21,24)/t17-/m0/s1. The van der Waals surface area contributed by atoms with Crippen LogP contribution in [0.5, 0.6) is 0 Å². The summed E-state index contributed by atoms with van der Waals surface area (Å²) in [7, 11) is 0. The van der Waals surface area contributed by atoms with E-state index in [0.717, 1.165) is 17.0 Å². The summed E-state index contributed by atoms with van der Waals surface area (Å²) in [6.07, 6.45) is 4.09. The normalized spacial score (nSPS) is 11.8. The van der Waals surface area contributed by atoms with Crippen LogP contribution in [0.25, 0.3) is 0 Å². The van der Waals surface area contributed by atoms with Gasteiger partial charge >= 0.3 is 6.03 Å². The van der Waals surface area contributed by atoms with Crippen LogP contribution in [0.4, 0.5) is 10.5 Å². The molecule has 0 unspecified atom stereocenters. The molecule has 5 nitrogen and oxygen atoms in total. The van der Waals surface area contributed by atoms with E-state index >= 15 is 0 Å². The Kier molecular flexibility index (Phi) is 7.76. The SMILES string of the molecule is CCSc1ccc(NC(=O)N(Cc2ccncc2)[C@@H](CC)CO)cc1. The van der Waals surface area contributed by atoms with Gasteiger partial charge in [0.1, 0.15) is 0 Å². The van der Waals surface area contributed by atoms with E-state index in [0.29, 0.717) is 13.0 Å². The number of rotatable bonds is 8. The van der Waals surface area contributed by atoms with Gasteiger partial charge in [-0.3, -0.25) is 4.98 Å². The fourth-order valence-corrected chi connectivity index (χ4v) is 3.16. The number of amides is 2. The van der Waals surface area contributed by atoms with E-state index in [1.54, 1.807) is 29.1 Å². The fourth-order valence-electron chi connectivity index (χ4n) is 2.50. The third kappa shape index (κ3) is 5.76. The molecule has 0 aliphatic heterocycles. The molecule has 0 fully saturated rings. The molecule has 1 heterocycles. The molecule has 0 saturated heterocycles. The van der Waals surface area contributed by atoms with Gasteiger partial charge in [-0.1, -0.05) is 13.8 Å². The number of thioether (sulfide) groups is 1. The quantitative estimate of drug-likeness (QED) is 0.699. The van der Waals surface area contributed by atoms with Crippen LogP contribution >= 0.6 is 11.8 Å². The minimum absolute atomic E-state index is 0.0684. The minimum Gasteiger partial charge on any atom is -0.394 e. The largest absolute Gasteiger partial charge is 0.394 e. The highest BCUT2D eigenvalue weighted by Crippen LogP contribution is 2.20. The first-order valence-electron chi connectivity index (χ1n) is 8.48. The molecule has 2 amide bonds. The van der Waals surface area contributed by atoms with Gasteiger partial charge in [0.2, 0.25) is 0 Å². The Morgan fingerprint density at radius 1 is 1.20 bits per heavy atom. The predicted molar refractivity (Wildman–Crippen MR) is 103 cm³/mol. The van der Waals surface area contributed by atoms with Crippen molar-refractivity contribution in [2.24, 2.45) is 0 Å². The summed E-state index contributed by atoms with van der Waals surface area (Å²) in [5.41, 5.74) is 1.73. The zero-order valence-electron chi connectivity index (χ0n) is 14.7. The average molecular weight is 359 g/mol. The Bertz CT molecular complexity index is 645. The first-order chi connectivity index (χ1) is 12.2. The summed E-state index contributed by atoms with van der Waals surface area (Å²) in [5, 5.41) is 12.6. The van der Waals surface area contributed by atoms with Crippen molar-refractivity contribution >= 4 is 23.5 Å². The number of hydrogen-bond acceptors (Lipinski definition) is 4. The van der Waals surface area contributed by atoms with Crippen molar-refractivity contribution in [3.8, 4) is 0 Å². The first-order valence-corrected chi connectivity index (χ1v) is 9.46. The van der Waals surface area contributed by atoms with E-state index in [1.165, 1.54) is 4.90 Å². The van der Waals surface area contributed by atoms with Crippen molar-refractivity contribution in [3.63, 3.8) is 0 Å². The average Bonchev–Trinajstić information content (AvgIpc) is 2.64. The van der Waals surface area contributed by atoms with E-state index in [1.807, 2.05) is 43.3 Å². The topological polar surface area (TPSA) is 65.5 Å². The van der Waals surface area contributed by atoms with Crippen molar-refractivity contribution in [3.05, 3.63) is 54.4 Å². The summed E-state index contributed by atoms with van der Waals surface area (Å²) in [6, 6.07) is 11.1. The van der Waals surface area contributed by atoms with Crippen LogP contribution in [-0.2, 0) is 6.54 Å². The van der Waals surface area contributed by atoms with E-state index in [4.69, 9.17) is 0 Å². The number of anilines is 1. The molecule has 0 aliphatic rings. The lowest BCUT2D eigenvalue weighted by molar-refractivity contribution is 0.134. The van der Waals surface area contributed by atoms with Crippen molar-refractivity contribution < 1.29 is 9.90 Å². The van der Waals surface area contributed by atoms with Gasteiger partial charge in [-0.25, -0.2) is 4.79 Å². The summed E-state index contributed by atoms with van der Waals surface area (Å²) in [5.74, 6) is 1.01. The van der Waals surface area contributed by atoms with Gasteiger partial charge in [-0.05, 0) is 54.1 Å². The molecule has 0 aliphatic carbocycles. The van der Waals surface area contributed by atoms with Gasteiger partial charge in [0.05, 0.1) is 12.6 Å². The third-order valence-electron chi connectivity index (χ3n) is 3.90. The summed E-state index contributed by atoms with van der Waals surface area (Å²) < 4.78 is 0. The van der Waals surface area contributed by atoms with Crippen LogP contribution in [0.1, 0.15) is 25.8 Å². The number of hydrogen-bond donors (Lipinski definition) is 2. The van der Waals surface area contributed by atoms with Gasteiger partial charge in [0, 0.05) is 29.5 Å². The second kappa shape index (κ2) is 10.1. The molecule has 2 rings (SSSR count). The highest BCUT2D eigenvalue weighted by atomic mass is 32.2. The van der Waals surface area contributed by atoms with Crippen LogP contribution in [0.3, 0.4) is 0 Å². The monoisotopic (exact) mass is 359 g/mol. The van der Waals surface area contributed by atoms with Crippen molar-refractivity contribution in [1.82, 2.24) is 9.88 Å². The molecule has 0 spiro atoms. The van der Waals surface area contributed by atoms with Gasteiger partial charge in [-0.15, -0.1) is 11.8 Å². The minimum atomic E-state index is -0.233. The third-order valence-corrected chi connectivity index (χ3v) is 4.80. The van der Waals surface area contributed by atoms with Gasteiger partial charge in [0.15, 0.2) is 0 Å². The lowest BCUT2D eigenvalue weighted by atomic mass is 10.1. The van der Waals surface area contributed by atoms with Crippen molar-refractivity contribution in [1.29, 1.82) is 0 Å². The number of nitrogens with one attached hydrogen (secondary N) is 1. The Labute approximate surface area is 153 Å². The molecule has 134 valence electrons. The Balaban J connectivity index is 2.11. The highest BCUT2D eigenvalue weighted by Gasteiger charge is 2.22. The first kappa shape index (κ1) is 19.3. The molecule has 6 heteroatoms. The van der Waals surface area contributed by atoms with Crippen molar-refractivity contribution in [2.75, 3.05) is 17.7 Å². The Hall–Kier alpha value is -2.05. The summed E-state index contributed by atoms with van der Waals surface area (Å²) in [4.78, 5) is 19.6. The number of pyridine rings is 1. The Morgan fingerprint density at radius 3 is 2.44 bits per heavy atom. The lowest BCUT2D eigenvalue weighted by Crippen LogP contribution is -2.44. The second-order valence-electron chi connectivity index (χ2n) is 5.62. The number of carbonyl (C=O) groups excluding carboxylic acids is 1. The molecule has 0 saturated carbocycles. The molecule has 1 aromatic carbocycles. The fraction of sp³-hybridized carbons (Fsp3) is 0.368. The number of benzene rings is 1. The molecule has 1 atom stereocenters. The number of aliphatic hydroxyl groups is 1. The Morgan fingerprint density at radius 2 is 1.88 bits per heavy atom. The highest BCUT2D eigenvalue weighted by molar-refractivity contribution is 7.99. The smallest absolute Gasteiger partial charge is 0.322 e. The van der Waals surface area contributed by atoms with Crippen molar-refractivity contribution in [2.45, 2.75) is 37.8 Å². The number of urea groups is 1. The molecule has 2 N–H and O–H groups in total. The van der Waals surface area contributed by atoms with E-state index < -0.39 is 0 Å². The zero-order chi connectivity index (χ0) is 18.1. The number of nitrogens with zero attached hydrogens (tertiary/aromatic N) is 2. The molecule has 0 bridgehead atoms. The second-order valence-corrected chi connectivity index (χ2v) is 6.95. The van der Waals surface area contributed by atoms with Crippen LogP contribution in [-0.4, -0.2) is 39.4 Å². The van der Waals surface area contributed by atoms with Crippen LogP contribution < -0.4 is 5.32 Å².